The molecule has 1 aromatic heterocycles. The number of anilines is 1. The van der Waals surface area contributed by atoms with E-state index in [-0.39, 0.29) is 16.1 Å². The highest BCUT2D eigenvalue weighted by Crippen LogP contribution is 2.49. The molecule has 2 aliphatic rings. The Hall–Kier alpha value is -1.99. The lowest BCUT2D eigenvalue weighted by Crippen LogP contribution is -2.36. The second kappa shape index (κ2) is 7.20. The molecule has 0 unspecified atom stereocenters. The van der Waals surface area contributed by atoms with Gasteiger partial charge in [-0.25, -0.2) is 17.8 Å². The molecule has 27 heavy (non-hydrogen) atoms. The predicted octanol–water partition coefficient (Wildman–Crippen LogP) is 3.54. The van der Waals surface area contributed by atoms with Crippen molar-refractivity contribution in [2.75, 3.05) is 25.0 Å². The van der Waals surface area contributed by atoms with Gasteiger partial charge in [-0.05, 0) is 49.4 Å². The number of aromatic nitrogens is 1. The molecule has 0 amide bonds. The fourth-order valence-electron chi connectivity index (χ4n) is 3.81. The number of halogens is 1. The molecule has 5 nitrogen and oxygen atoms in total. The van der Waals surface area contributed by atoms with Gasteiger partial charge in [-0.1, -0.05) is 24.6 Å². The fourth-order valence-corrected chi connectivity index (χ4v) is 5.45. The Morgan fingerprint density at radius 2 is 1.81 bits per heavy atom. The van der Waals surface area contributed by atoms with Crippen molar-refractivity contribution in [2.45, 2.75) is 42.4 Å². The van der Waals surface area contributed by atoms with Crippen molar-refractivity contribution in [1.82, 2.24) is 9.29 Å². The molecular formula is C20H24FN3O2S. The Labute approximate surface area is 159 Å². The third-order valence-corrected chi connectivity index (χ3v) is 7.53. The lowest BCUT2D eigenvalue weighted by atomic mass is 9.95. The van der Waals surface area contributed by atoms with Crippen molar-refractivity contribution in [3.8, 4) is 0 Å². The number of hydrogen-bond donors (Lipinski definition) is 1. The SMILES string of the molecule is O=S(=O)(c1cccnc1NCC1(c2ccccc2F)CC1)N1CCCCC1. The summed E-state index contributed by atoms with van der Waals surface area (Å²) >= 11 is 0. The molecule has 1 aromatic carbocycles. The third-order valence-electron chi connectivity index (χ3n) is 5.60. The number of piperidine rings is 1. The zero-order valence-electron chi connectivity index (χ0n) is 15.2. The summed E-state index contributed by atoms with van der Waals surface area (Å²) in [5, 5.41) is 3.20. The fraction of sp³-hybridized carbons (Fsp3) is 0.450. The summed E-state index contributed by atoms with van der Waals surface area (Å²) in [6, 6.07) is 10.1. The van der Waals surface area contributed by atoms with Gasteiger partial charge in [-0.2, -0.15) is 4.31 Å². The second-order valence-corrected chi connectivity index (χ2v) is 9.33. The van der Waals surface area contributed by atoms with Crippen LogP contribution in [0.3, 0.4) is 0 Å². The van der Waals surface area contributed by atoms with Crippen LogP contribution in [0.2, 0.25) is 0 Å². The lowest BCUT2D eigenvalue weighted by Gasteiger charge is -2.27. The zero-order valence-corrected chi connectivity index (χ0v) is 16.0. The van der Waals surface area contributed by atoms with Crippen LogP contribution in [0.15, 0.2) is 47.5 Å². The van der Waals surface area contributed by atoms with E-state index in [0.717, 1.165) is 32.1 Å². The first-order valence-electron chi connectivity index (χ1n) is 9.47. The van der Waals surface area contributed by atoms with E-state index >= 15 is 0 Å². The van der Waals surface area contributed by atoms with E-state index < -0.39 is 10.0 Å². The number of nitrogens with one attached hydrogen (secondary N) is 1. The van der Waals surface area contributed by atoms with E-state index in [1.807, 2.05) is 12.1 Å². The third kappa shape index (κ3) is 3.58. The summed E-state index contributed by atoms with van der Waals surface area (Å²) in [7, 11) is -3.58. The normalized spacial score (nSPS) is 19.6. The van der Waals surface area contributed by atoms with Gasteiger partial charge in [0.2, 0.25) is 10.0 Å². The first-order chi connectivity index (χ1) is 13.0. The van der Waals surface area contributed by atoms with Crippen LogP contribution in [0.1, 0.15) is 37.7 Å². The van der Waals surface area contributed by atoms with Gasteiger partial charge < -0.3 is 5.32 Å². The molecule has 1 N–H and O–H groups in total. The average Bonchev–Trinajstić information content (AvgIpc) is 3.48. The van der Waals surface area contributed by atoms with Crippen LogP contribution in [-0.2, 0) is 15.4 Å². The van der Waals surface area contributed by atoms with Crippen LogP contribution >= 0.6 is 0 Å². The monoisotopic (exact) mass is 389 g/mol. The first-order valence-corrected chi connectivity index (χ1v) is 10.9. The van der Waals surface area contributed by atoms with Crippen LogP contribution in [-0.4, -0.2) is 37.3 Å². The van der Waals surface area contributed by atoms with Gasteiger partial charge in [0.1, 0.15) is 16.5 Å². The van der Waals surface area contributed by atoms with Crippen molar-refractivity contribution in [2.24, 2.45) is 0 Å². The van der Waals surface area contributed by atoms with Gasteiger partial charge in [-0.15, -0.1) is 0 Å². The van der Waals surface area contributed by atoms with E-state index in [0.29, 0.717) is 31.0 Å². The highest BCUT2D eigenvalue weighted by atomic mass is 32.2. The Kier molecular flexibility index (Phi) is 4.90. The number of benzene rings is 1. The minimum absolute atomic E-state index is 0.205. The van der Waals surface area contributed by atoms with Crippen LogP contribution in [0, 0.1) is 5.82 Å². The number of sulfonamides is 1. The standard InChI is InChI=1S/C20H24FN3O2S/c21-17-8-3-2-7-16(17)20(10-11-20)15-23-19-18(9-6-12-22-19)27(25,26)24-13-4-1-5-14-24/h2-3,6-9,12H,1,4-5,10-11,13-15H2,(H,22,23). The van der Waals surface area contributed by atoms with E-state index in [9.17, 15) is 12.8 Å². The molecule has 2 fully saturated rings. The molecule has 0 spiro atoms. The quantitative estimate of drug-likeness (QED) is 0.821. The zero-order chi connectivity index (χ0) is 18.9. The summed E-state index contributed by atoms with van der Waals surface area (Å²) in [4.78, 5) is 4.48. The van der Waals surface area contributed by atoms with Crippen LogP contribution in [0.4, 0.5) is 10.2 Å². The van der Waals surface area contributed by atoms with Gasteiger partial charge in [0, 0.05) is 31.2 Å². The molecule has 1 saturated heterocycles. The maximum atomic E-state index is 14.2. The van der Waals surface area contributed by atoms with Crippen molar-refractivity contribution in [1.29, 1.82) is 0 Å². The van der Waals surface area contributed by atoms with E-state index in [1.165, 1.54) is 6.07 Å². The summed E-state index contributed by atoms with van der Waals surface area (Å²) in [6.45, 7) is 1.57. The van der Waals surface area contributed by atoms with Crippen molar-refractivity contribution in [3.05, 3.63) is 54.0 Å². The Morgan fingerprint density at radius 3 is 2.52 bits per heavy atom. The largest absolute Gasteiger partial charge is 0.368 e. The smallest absolute Gasteiger partial charge is 0.246 e. The molecule has 1 aliphatic carbocycles. The number of nitrogens with zero attached hydrogens (tertiary/aromatic N) is 2. The molecule has 7 heteroatoms. The molecule has 2 heterocycles. The van der Waals surface area contributed by atoms with E-state index in [4.69, 9.17) is 0 Å². The maximum absolute atomic E-state index is 14.2. The Morgan fingerprint density at radius 1 is 1.07 bits per heavy atom. The molecule has 1 aliphatic heterocycles. The predicted molar refractivity (Wildman–Crippen MR) is 103 cm³/mol. The molecule has 0 radical (unpaired) electrons. The molecular weight excluding hydrogens is 365 g/mol. The van der Waals surface area contributed by atoms with E-state index in [2.05, 4.69) is 10.3 Å². The molecule has 2 aromatic rings. The summed E-state index contributed by atoms with van der Waals surface area (Å²) in [5.41, 5.74) is 0.406. The average molecular weight is 389 g/mol. The van der Waals surface area contributed by atoms with Crippen LogP contribution in [0.25, 0.3) is 0 Å². The van der Waals surface area contributed by atoms with Crippen molar-refractivity contribution in [3.63, 3.8) is 0 Å². The van der Waals surface area contributed by atoms with Gasteiger partial charge in [0.05, 0.1) is 0 Å². The number of rotatable bonds is 6. The van der Waals surface area contributed by atoms with Gasteiger partial charge in [0.15, 0.2) is 0 Å². The van der Waals surface area contributed by atoms with Crippen molar-refractivity contribution >= 4 is 15.8 Å². The highest BCUT2D eigenvalue weighted by molar-refractivity contribution is 7.89. The van der Waals surface area contributed by atoms with E-state index in [1.54, 1.807) is 28.7 Å². The molecule has 144 valence electrons. The molecule has 4 rings (SSSR count). The second-order valence-electron chi connectivity index (χ2n) is 7.43. The minimum Gasteiger partial charge on any atom is -0.368 e. The minimum atomic E-state index is -3.58. The highest BCUT2D eigenvalue weighted by Gasteiger charge is 2.46. The molecule has 0 bridgehead atoms. The molecule has 1 saturated carbocycles. The van der Waals surface area contributed by atoms with Gasteiger partial charge in [-0.3, -0.25) is 0 Å². The van der Waals surface area contributed by atoms with Gasteiger partial charge in [0.25, 0.3) is 0 Å². The Balaban J connectivity index is 1.57. The topological polar surface area (TPSA) is 62.3 Å². The molecule has 0 atom stereocenters. The Bertz CT molecular complexity index is 922. The van der Waals surface area contributed by atoms with Gasteiger partial charge >= 0.3 is 0 Å². The van der Waals surface area contributed by atoms with Crippen LogP contribution in [0.5, 0.6) is 0 Å². The number of pyridine rings is 1. The van der Waals surface area contributed by atoms with Crippen molar-refractivity contribution < 1.29 is 12.8 Å². The lowest BCUT2D eigenvalue weighted by molar-refractivity contribution is 0.346. The summed E-state index contributed by atoms with van der Waals surface area (Å²) in [5.74, 6) is 0.143. The van der Waals surface area contributed by atoms with Crippen LogP contribution < -0.4 is 5.32 Å². The number of hydrogen-bond acceptors (Lipinski definition) is 4. The summed E-state index contributed by atoms with van der Waals surface area (Å²) in [6.07, 6.45) is 6.18. The first kappa shape index (κ1) is 18.4. The maximum Gasteiger partial charge on any atom is 0.246 e. The summed E-state index contributed by atoms with van der Waals surface area (Å²) < 4.78 is 41.9.